The minimum atomic E-state index is 0. The third kappa shape index (κ3) is 11.0. The molecule has 5 nitrogen and oxygen atoms in total. The van der Waals surface area contributed by atoms with Crippen molar-refractivity contribution in [1.29, 1.82) is 5.26 Å². The van der Waals surface area contributed by atoms with Crippen molar-refractivity contribution in [1.82, 2.24) is 15.5 Å². The molecule has 0 saturated carbocycles. The molecule has 0 fully saturated rings. The first-order valence-electron chi connectivity index (χ1n) is 6.14. The predicted octanol–water partition coefficient (Wildman–Crippen LogP) is 1.49. The molecular formula is C12H29N5. The van der Waals surface area contributed by atoms with Crippen LogP contribution in [0.15, 0.2) is 4.99 Å². The van der Waals surface area contributed by atoms with E-state index in [-0.39, 0.29) is 2.85 Å². The highest BCUT2D eigenvalue weighted by Crippen LogP contribution is 2.02. The lowest BCUT2D eigenvalue weighted by atomic mass is 10.1. The summed E-state index contributed by atoms with van der Waals surface area (Å²) in [4.78, 5) is 6.41. The number of hydrogen-bond donors (Lipinski definition) is 2. The zero-order chi connectivity index (χ0) is 13.1. The molecule has 0 unspecified atom stereocenters. The summed E-state index contributed by atoms with van der Waals surface area (Å²) in [5.74, 6) is 1.29. The first-order chi connectivity index (χ1) is 8.06. The van der Waals surface area contributed by atoms with Crippen LogP contribution in [0.4, 0.5) is 0 Å². The maximum atomic E-state index is 8.60. The van der Waals surface area contributed by atoms with E-state index in [0.29, 0.717) is 11.9 Å². The molecule has 0 aliphatic carbocycles. The lowest BCUT2D eigenvalue weighted by Crippen LogP contribution is -2.38. The van der Waals surface area contributed by atoms with E-state index in [9.17, 15) is 0 Å². The largest absolute Gasteiger partial charge is 0.354 e. The Kier molecular flexibility index (Phi) is 9.17. The van der Waals surface area contributed by atoms with E-state index in [1.54, 1.807) is 0 Å². The molecule has 0 aromatic rings. The zero-order valence-electron chi connectivity index (χ0n) is 11.5. The van der Waals surface area contributed by atoms with Gasteiger partial charge in [0.25, 0.3) is 0 Å². The van der Waals surface area contributed by atoms with E-state index in [2.05, 4.69) is 34.4 Å². The van der Waals surface area contributed by atoms with E-state index in [1.165, 1.54) is 6.42 Å². The number of rotatable bonds is 7. The SMILES string of the molecule is CC(C)CCCN=C(NC#N)NCCN(C)C.[HH].[HH]. The molecule has 0 aromatic carbocycles. The minimum absolute atomic E-state index is 0. The molecule has 5 heteroatoms. The van der Waals surface area contributed by atoms with Gasteiger partial charge in [-0.3, -0.25) is 10.3 Å². The highest BCUT2D eigenvalue weighted by molar-refractivity contribution is 5.81. The van der Waals surface area contributed by atoms with Gasteiger partial charge in [0.05, 0.1) is 0 Å². The maximum Gasteiger partial charge on any atom is 0.204 e. The van der Waals surface area contributed by atoms with Crippen LogP contribution in [-0.2, 0) is 0 Å². The van der Waals surface area contributed by atoms with Crippen LogP contribution in [0, 0.1) is 17.4 Å². The zero-order valence-corrected chi connectivity index (χ0v) is 11.5. The van der Waals surface area contributed by atoms with Crippen molar-refractivity contribution in [2.45, 2.75) is 26.7 Å². The molecule has 0 radical (unpaired) electrons. The second kappa shape index (κ2) is 9.91. The summed E-state index contributed by atoms with van der Waals surface area (Å²) >= 11 is 0. The summed E-state index contributed by atoms with van der Waals surface area (Å²) in [7, 11) is 4.03. The Morgan fingerprint density at radius 3 is 2.71 bits per heavy atom. The topological polar surface area (TPSA) is 63.5 Å². The van der Waals surface area contributed by atoms with Crippen molar-refractivity contribution < 1.29 is 2.85 Å². The lowest BCUT2D eigenvalue weighted by Gasteiger charge is -2.12. The average Bonchev–Trinajstić information content (AvgIpc) is 2.23. The first-order valence-corrected chi connectivity index (χ1v) is 6.14. The Morgan fingerprint density at radius 2 is 2.18 bits per heavy atom. The summed E-state index contributed by atoms with van der Waals surface area (Å²) in [6, 6.07) is 0. The van der Waals surface area contributed by atoms with E-state index in [1.807, 2.05) is 20.3 Å². The van der Waals surface area contributed by atoms with E-state index in [4.69, 9.17) is 5.26 Å². The van der Waals surface area contributed by atoms with Crippen LogP contribution in [0.5, 0.6) is 0 Å². The van der Waals surface area contributed by atoms with Crippen LogP contribution in [0.2, 0.25) is 0 Å². The van der Waals surface area contributed by atoms with Gasteiger partial charge in [-0.05, 0) is 32.9 Å². The Balaban J connectivity index is -0.00000128. The van der Waals surface area contributed by atoms with Gasteiger partial charge in [-0.1, -0.05) is 13.8 Å². The molecule has 2 N–H and O–H groups in total. The molecule has 0 aromatic heterocycles. The van der Waals surface area contributed by atoms with Crippen molar-refractivity contribution in [2.24, 2.45) is 10.9 Å². The van der Waals surface area contributed by atoms with Gasteiger partial charge in [-0.25, -0.2) is 0 Å². The molecule has 0 bridgehead atoms. The van der Waals surface area contributed by atoms with Crippen LogP contribution in [0.1, 0.15) is 29.5 Å². The van der Waals surface area contributed by atoms with Gasteiger partial charge < -0.3 is 10.2 Å². The standard InChI is InChI=1S/C12H25N5.2H2/c1-11(2)6-5-7-14-12(16-10-13)15-8-9-17(3)4;;/h11H,5-9H2,1-4H3,(H2,14,15,16);2*1H. The van der Waals surface area contributed by atoms with Crippen LogP contribution in [0.25, 0.3) is 0 Å². The van der Waals surface area contributed by atoms with Crippen molar-refractivity contribution in [3.63, 3.8) is 0 Å². The van der Waals surface area contributed by atoms with Crippen LogP contribution in [0.3, 0.4) is 0 Å². The molecule has 0 amide bonds. The molecule has 0 atom stereocenters. The Bertz CT molecular complexity index is 261. The smallest absolute Gasteiger partial charge is 0.204 e. The Hall–Kier alpha value is -1.28. The summed E-state index contributed by atoms with van der Waals surface area (Å²) < 4.78 is 0. The molecular weight excluding hydrogens is 214 g/mol. The second-order valence-electron chi connectivity index (χ2n) is 4.73. The molecule has 0 rings (SSSR count). The highest BCUT2D eigenvalue weighted by Gasteiger charge is 1.98. The highest BCUT2D eigenvalue weighted by atomic mass is 15.2. The fraction of sp³-hybridized carbons (Fsp3) is 0.833. The normalized spacial score (nSPS) is 11.7. The van der Waals surface area contributed by atoms with Crippen LogP contribution in [-0.4, -0.2) is 44.6 Å². The molecule has 0 aliphatic heterocycles. The number of nitrogens with zero attached hydrogens (tertiary/aromatic N) is 3. The minimum Gasteiger partial charge on any atom is -0.354 e. The van der Waals surface area contributed by atoms with E-state index in [0.717, 1.165) is 26.1 Å². The third-order valence-electron chi connectivity index (χ3n) is 2.24. The Morgan fingerprint density at radius 1 is 1.47 bits per heavy atom. The van der Waals surface area contributed by atoms with Crippen molar-refractivity contribution >= 4 is 5.96 Å². The number of guanidine groups is 1. The molecule has 0 saturated heterocycles. The average molecular weight is 243 g/mol. The van der Waals surface area contributed by atoms with Gasteiger partial charge >= 0.3 is 0 Å². The monoisotopic (exact) mass is 243 g/mol. The van der Waals surface area contributed by atoms with Gasteiger partial charge in [0, 0.05) is 22.5 Å². The van der Waals surface area contributed by atoms with Gasteiger partial charge in [-0.2, -0.15) is 5.26 Å². The molecule has 0 aliphatic rings. The van der Waals surface area contributed by atoms with Crippen LogP contribution >= 0.6 is 0 Å². The molecule has 102 valence electrons. The van der Waals surface area contributed by atoms with Crippen LogP contribution < -0.4 is 10.6 Å². The number of aliphatic imine (C=N–C) groups is 1. The van der Waals surface area contributed by atoms with Crippen molar-refractivity contribution in [2.75, 3.05) is 33.7 Å². The molecule has 0 heterocycles. The molecule has 17 heavy (non-hydrogen) atoms. The number of likely N-dealkylation sites (N-methyl/N-ethyl adjacent to an activating group) is 1. The number of nitrogens with one attached hydrogen (secondary N) is 2. The fourth-order valence-electron chi connectivity index (χ4n) is 1.28. The van der Waals surface area contributed by atoms with E-state index < -0.39 is 0 Å². The maximum absolute atomic E-state index is 8.60. The predicted molar refractivity (Wildman–Crippen MR) is 75.9 cm³/mol. The Labute approximate surface area is 108 Å². The summed E-state index contributed by atoms with van der Waals surface area (Å²) in [6.45, 7) is 6.86. The fourth-order valence-corrected chi connectivity index (χ4v) is 1.28. The summed E-state index contributed by atoms with van der Waals surface area (Å²) in [6.07, 6.45) is 4.13. The number of nitriles is 1. The molecule has 0 spiro atoms. The first kappa shape index (κ1) is 15.7. The van der Waals surface area contributed by atoms with Gasteiger partial charge in [0.2, 0.25) is 5.96 Å². The summed E-state index contributed by atoms with van der Waals surface area (Å²) in [5, 5.41) is 14.3. The lowest BCUT2D eigenvalue weighted by molar-refractivity contribution is 0.412. The number of hydrogen-bond acceptors (Lipinski definition) is 3. The third-order valence-corrected chi connectivity index (χ3v) is 2.24. The van der Waals surface area contributed by atoms with Crippen molar-refractivity contribution in [3.8, 4) is 6.19 Å². The van der Waals surface area contributed by atoms with Gasteiger partial charge in [-0.15, -0.1) is 0 Å². The summed E-state index contributed by atoms with van der Waals surface area (Å²) in [5.41, 5.74) is 0. The van der Waals surface area contributed by atoms with Gasteiger partial charge in [0.1, 0.15) is 0 Å². The second-order valence-corrected chi connectivity index (χ2v) is 4.73. The van der Waals surface area contributed by atoms with Crippen molar-refractivity contribution in [3.05, 3.63) is 0 Å². The van der Waals surface area contributed by atoms with Gasteiger partial charge in [0.15, 0.2) is 6.19 Å². The quantitative estimate of drug-likeness (QED) is 0.234. The van der Waals surface area contributed by atoms with E-state index >= 15 is 0 Å².